The topological polar surface area (TPSA) is 65.4 Å². The Bertz CT molecular complexity index is 714. The van der Waals surface area contributed by atoms with Gasteiger partial charge in [-0.15, -0.1) is 5.10 Å². The van der Waals surface area contributed by atoms with E-state index >= 15 is 0 Å². The first-order valence-electron chi connectivity index (χ1n) is 5.64. The van der Waals surface area contributed by atoms with Crippen LogP contribution < -0.4 is 10.5 Å². The molecule has 19 heavy (non-hydrogen) atoms. The summed E-state index contributed by atoms with van der Waals surface area (Å²) in [5, 5.41) is 4.84. The van der Waals surface area contributed by atoms with Gasteiger partial charge in [0.15, 0.2) is 11.5 Å². The number of ether oxygens (including phenoxy) is 1. The third-order valence-corrected chi connectivity index (χ3v) is 3.13. The largest absolute Gasteiger partial charge is 0.496 e. The van der Waals surface area contributed by atoms with Gasteiger partial charge in [0, 0.05) is 6.07 Å². The second-order valence-electron chi connectivity index (χ2n) is 4.02. The summed E-state index contributed by atoms with van der Waals surface area (Å²) >= 11 is 5.97. The number of benzene rings is 1. The number of pyridine rings is 1. The molecular weight excluding hydrogens is 264 g/mol. The van der Waals surface area contributed by atoms with Crippen LogP contribution in [0.1, 0.15) is 0 Å². The smallest absolute Gasteiger partial charge is 0.185 e. The van der Waals surface area contributed by atoms with E-state index in [0.29, 0.717) is 22.2 Å². The summed E-state index contributed by atoms with van der Waals surface area (Å²) in [6.07, 6.45) is 1.64. The number of nitrogen functional groups attached to an aromatic ring is 1. The Morgan fingerprint density at radius 3 is 2.89 bits per heavy atom. The first kappa shape index (κ1) is 11.8. The molecule has 0 amide bonds. The summed E-state index contributed by atoms with van der Waals surface area (Å²) in [4.78, 5) is 4.43. The molecule has 0 aliphatic heterocycles. The Labute approximate surface area is 114 Å². The first-order chi connectivity index (χ1) is 9.19. The summed E-state index contributed by atoms with van der Waals surface area (Å²) in [6.45, 7) is 0. The molecule has 2 aromatic heterocycles. The van der Waals surface area contributed by atoms with Gasteiger partial charge >= 0.3 is 0 Å². The molecule has 3 rings (SSSR count). The van der Waals surface area contributed by atoms with Gasteiger partial charge in [0.1, 0.15) is 5.75 Å². The molecule has 0 aliphatic carbocycles. The zero-order valence-corrected chi connectivity index (χ0v) is 10.9. The lowest BCUT2D eigenvalue weighted by molar-refractivity contribution is 0.416. The average Bonchev–Trinajstić information content (AvgIpc) is 2.82. The molecule has 0 atom stereocenters. The molecule has 6 heteroatoms. The fourth-order valence-corrected chi connectivity index (χ4v) is 2.01. The number of nitrogens with two attached hydrogens (primary N) is 1. The third kappa shape index (κ3) is 1.98. The van der Waals surface area contributed by atoms with Crippen LogP contribution in [0.5, 0.6) is 5.75 Å². The van der Waals surface area contributed by atoms with Crippen LogP contribution in [-0.2, 0) is 0 Å². The zero-order chi connectivity index (χ0) is 13.4. The number of rotatable bonds is 2. The lowest BCUT2D eigenvalue weighted by Crippen LogP contribution is -1.93. The van der Waals surface area contributed by atoms with Crippen molar-refractivity contribution < 1.29 is 4.74 Å². The van der Waals surface area contributed by atoms with Crippen molar-refractivity contribution in [2.75, 3.05) is 12.8 Å². The van der Waals surface area contributed by atoms with Gasteiger partial charge < -0.3 is 10.5 Å². The summed E-state index contributed by atoms with van der Waals surface area (Å²) in [5.74, 6) is 1.29. The maximum atomic E-state index is 5.97. The Balaban J connectivity index is 2.20. The minimum atomic E-state index is 0.464. The van der Waals surface area contributed by atoms with E-state index in [4.69, 9.17) is 22.1 Å². The highest BCUT2D eigenvalue weighted by atomic mass is 35.5. The molecule has 5 nitrogen and oxygen atoms in total. The number of nitrogens with zero attached hydrogens (tertiary/aromatic N) is 3. The van der Waals surface area contributed by atoms with Gasteiger partial charge in [0.05, 0.1) is 29.6 Å². The highest BCUT2D eigenvalue weighted by Crippen LogP contribution is 2.28. The number of aromatic nitrogens is 3. The second kappa shape index (κ2) is 4.44. The number of para-hydroxylation sites is 1. The maximum absolute atomic E-state index is 5.97. The van der Waals surface area contributed by atoms with E-state index in [9.17, 15) is 0 Å². The van der Waals surface area contributed by atoms with Gasteiger partial charge in [0.2, 0.25) is 0 Å². The molecule has 0 fully saturated rings. The quantitative estimate of drug-likeness (QED) is 0.780. The number of fused-ring (bicyclic) bond motifs is 1. The van der Waals surface area contributed by atoms with Crippen molar-refractivity contribution in [3.63, 3.8) is 0 Å². The first-order valence-corrected chi connectivity index (χ1v) is 6.01. The van der Waals surface area contributed by atoms with Gasteiger partial charge in [-0.25, -0.2) is 9.50 Å². The van der Waals surface area contributed by atoms with Gasteiger partial charge in [-0.05, 0) is 12.1 Å². The molecule has 0 radical (unpaired) electrons. The molecule has 0 spiro atoms. The highest BCUT2D eigenvalue weighted by Gasteiger charge is 2.12. The fourth-order valence-electron chi connectivity index (χ4n) is 1.86. The van der Waals surface area contributed by atoms with Crippen molar-refractivity contribution in [1.29, 1.82) is 0 Å². The maximum Gasteiger partial charge on any atom is 0.185 e. The molecular formula is C13H11ClN4O. The van der Waals surface area contributed by atoms with Crippen molar-refractivity contribution in [2.24, 2.45) is 0 Å². The summed E-state index contributed by atoms with van der Waals surface area (Å²) in [7, 11) is 1.61. The minimum absolute atomic E-state index is 0.464. The van der Waals surface area contributed by atoms with Crippen LogP contribution in [0, 0.1) is 0 Å². The number of halogens is 1. The van der Waals surface area contributed by atoms with Crippen LogP contribution in [0.2, 0.25) is 5.02 Å². The Kier molecular flexibility index (Phi) is 2.76. The van der Waals surface area contributed by atoms with Gasteiger partial charge in [-0.2, -0.15) is 0 Å². The molecule has 1 aromatic carbocycles. The van der Waals surface area contributed by atoms with Crippen molar-refractivity contribution in [3.05, 3.63) is 41.6 Å². The van der Waals surface area contributed by atoms with Crippen LogP contribution in [0.25, 0.3) is 17.0 Å². The number of hydrogen-bond donors (Lipinski definition) is 1. The van der Waals surface area contributed by atoms with E-state index in [1.165, 1.54) is 0 Å². The van der Waals surface area contributed by atoms with Crippen LogP contribution in [0.3, 0.4) is 0 Å². The molecule has 0 saturated carbocycles. The lowest BCUT2D eigenvalue weighted by atomic mass is 10.2. The standard InChI is InChI=1S/C13H11ClN4O/c1-19-11-5-3-2-4-8(11)13-16-12-6-9(14)10(15)7-18(12)17-13/h2-7H,15H2,1H3. The third-order valence-electron chi connectivity index (χ3n) is 2.80. The molecule has 0 unspecified atom stereocenters. The van der Waals surface area contributed by atoms with Crippen LogP contribution in [0.15, 0.2) is 36.5 Å². The second-order valence-corrected chi connectivity index (χ2v) is 4.42. The van der Waals surface area contributed by atoms with Crippen molar-refractivity contribution in [3.8, 4) is 17.1 Å². The van der Waals surface area contributed by atoms with Crippen molar-refractivity contribution in [2.45, 2.75) is 0 Å². The molecule has 96 valence electrons. The molecule has 0 aliphatic rings. The zero-order valence-electron chi connectivity index (χ0n) is 10.2. The van der Waals surface area contributed by atoms with Crippen LogP contribution in [-0.4, -0.2) is 21.7 Å². The van der Waals surface area contributed by atoms with Gasteiger partial charge in [-0.3, -0.25) is 0 Å². The summed E-state index contributed by atoms with van der Waals surface area (Å²) in [5.41, 5.74) is 7.67. The summed E-state index contributed by atoms with van der Waals surface area (Å²) < 4.78 is 6.90. The fraction of sp³-hybridized carbons (Fsp3) is 0.0769. The SMILES string of the molecule is COc1ccccc1-c1nc2cc(Cl)c(N)cn2n1. The van der Waals surface area contributed by atoms with E-state index < -0.39 is 0 Å². The predicted octanol–water partition coefficient (Wildman–Crippen LogP) is 2.64. The predicted molar refractivity (Wildman–Crippen MR) is 74.4 cm³/mol. The highest BCUT2D eigenvalue weighted by molar-refractivity contribution is 6.33. The Morgan fingerprint density at radius 2 is 2.11 bits per heavy atom. The van der Waals surface area contributed by atoms with Crippen molar-refractivity contribution >= 4 is 22.9 Å². The molecule has 0 saturated heterocycles. The van der Waals surface area contributed by atoms with Gasteiger partial charge in [-0.1, -0.05) is 23.7 Å². The van der Waals surface area contributed by atoms with E-state index in [2.05, 4.69) is 10.1 Å². The van der Waals surface area contributed by atoms with E-state index in [1.54, 1.807) is 23.9 Å². The number of methoxy groups -OCH3 is 1. The monoisotopic (exact) mass is 274 g/mol. The number of hydrogen-bond acceptors (Lipinski definition) is 4. The van der Waals surface area contributed by atoms with E-state index in [-0.39, 0.29) is 0 Å². The van der Waals surface area contributed by atoms with E-state index in [1.807, 2.05) is 24.3 Å². The molecule has 0 bridgehead atoms. The average molecular weight is 275 g/mol. The Hall–Kier alpha value is -2.27. The Morgan fingerprint density at radius 1 is 1.32 bits per heavy atom. The number of anilines is 1. The van der Waals surface area contributed by atoms with Crippen LogP contribution >= 0.6 is 11.6 Å². The van der Waals surface area contributed by atoms with Crippen LogP contribution in [0.4, 0.5) is 5.69 Å². The molecule has 3 aromatic rings. The van der Waals surface area contributed by atoms with Gasteiger partial charge in [0.25, 0.3) is 0 Å². The minimum Gasteiger partial charge on any atom is -0.496 e. The lowest BCUT2D eigenvalue weighted by Gasteiger charge is -2.03. The summed E-state index contributed by atoms with van der Waals surface area (Å²) in [6, 6.07) is 9.25. The molecule has 2 heterocycles. The van der Waals surface area contributed by atoms with E-state index in [0.717, 1.165) is 11.3 Å². The van der Waals surface area contributed by atoms with Crippen molar-refractivity contribution in [1.82, 2.24) is 14.6 Å². The normalized spacial score (nSPS) is 10.8. The molecule has 2 N–H and O–H groups in total.